The van der Waals surface area contributed by atoms with Crippen LogP contribution in [0.1, 0.15) is 76.6 Å². The van der Waals surface area contributed by atoms with Crippen molar-refractivity contribution in [1.29, 1.82) is 0 Å². The van der Waals surface area contributed by atoms with Gasteiger partial charge < -0.3 is 14.7 Å². The lowest BCUT2D eigenvalue weighted by Crippen LogP contribution is -2.63. The molecule has 160 valence electrons. The van der Waals surface area contributed by atoms with Gasteiger partial charge in [-0.2, -0.15) is 5.10 Å². The second-order valence-corrected chi connectivity index (χ2v) is 9.55. The highest BCUT2D eigenvalue weighted by Crippen LogP contribution is 2.33. The summed E-state index contributed by atoms with van der Waals surface area (Å²) >= 11 is 0. The molecule has 3 heterocycles. The normalized spacial score (nSPS) is 18.9. The predicted octanol–water partition coefficient (Wildman–Crippen LogP) is 2.78. The molecular weight excluding hydrogens is 370 g/mol. The molecule has 0 unspecified atom stereocenters. The zero-order valence-corrected chi connectivity index (χ0v) is 18.6. The quantitative estimate of drug-likeness (QED) is 0.825. The zero-order valence-electron chi connectivity index (χ0n) is 18.6. The summed E-state index contributed by atoms with van der Waals surface area (Å²) in [5, 5.41) is 12.3. The average molecular weight is 404 g/mol. The Labute approximate surface area is 171 Å². The molecule has 1 amide bonds. The van der Waals surface area contributed by atoms with Gasteiger partial charge in [0.2, 0.25) is 0 Å². The van der Waals surface area contributed by atoms with E-state index in [1.54, 1.807) is 6.92 Å². The predicted molar refractivity (Wildman–Crippen MR) is 112 cm³/mol. The number of carbonyl (C=O) groups excluding carboxylic acids is 1. The molecule has 0 aliphatic carbocycles. The fourth-order valence-electron chi connectivity index (χ4n) is 4.75. The number of piperidine rings is 1. The van der Waals surface area contributed by atoms with Gasteiger partial charge in [0.05, 0.1) is 5.39 Å². The molecule has 8 heteroatoms. The van der Waals surface area contributed by atoms with Crippen LogP contribution in [0.3, 0.4) is 0 Å². The fraction of sp³-hybridized carbons (Fsp3) is 0.714. The topological polar surface area (TPSA) is 93.3 Å². The summed E-state index contributed by atoms with van der Waals surface area (Å²) in [6.45, 7) is 13.2. The number of aryl methyl sites for hydroxylation is 2. The second-order valence-electron chi connectivity index (χ2n) is 9.55. The van der Waals surface area contributed by atoms with Crippen LogP contribution < -0.4 is 10.9 Å². The maximum Gasteiger partial charge on any atom is 0.296 e. The van der Waals surface area contributed by atoms with Crippen LogP contribution in [0.5, 0.6) is 0 Å². The number of hydrogen-bond donors (Lipinski definition) is 1. The van der Waals surface area contributed by atoms with Gasteiger partial charge in [-0.25, -0.2) is 4.68 Å². The monoisotopic (exact) mass is 403 g/mol. The SMILES string of the molecule is CCCCN(C(=O)c1nn(C)c(=O)c2noc(C)c12)C1CC(C)(C)NC(C)(C)C1. The molecule has 2 aromatic heterocycles. The van der Waals surface area contributed by atoms with E-state index in [0.717, 1.165) is 25.7 Å². The summed E-state index contributed by atoms with van der Waals surface area (Å²) in [7, 11) is 1.54. The first-order valence-corrected chi connectivity index (χ1v) is 10.4. The molecule has 2 aromatic rings. The summed E-state index contributed by atoms with van der Waals surface area (Å²) in [5.74, 6) is 0.277. The molecule has 1 N–H and O–H groups in total. The highest BCUT2D eigenvalue weighted by molar-refractivity contribution is 6.04. The first-order chi connectivity index (χ1) is 13.5. The van der Waals surface area contributed by atoms with Crippen molar-refractivity contribution in [1.82, 2.24) is 25.2 Å². The number of carbonyl (C=O) groups is 1. The molecule has 0 radical (unpaired) electrons. The smallest absolute Gasteiger partial charge is 0.296 e. The van der Waals surface area contributed by atoms with E-state index in [2.05, 4.69) is 50.2 Å². The zero-order chi connectivity index (χ0) is 21.6. The Balaban J connectivity index is 2.08. The standard InChI is InChI=1S/C21H33N5O3/c1-8-9-10-26(14-11-20(3,4)24-21(5,6)12-14)19(28)16-15-13(2)29-23-17(15)18(27)25(7)22-16/h14,24H,8-12H2,1-7H3. The molecule has 1 fully saturated rings. The summed E-state index contributed by atoms with van der Waals surface area (Å²) in [4.78, 5) is 28.1. The number of fused-ring (bicyclic) bond motifs is 1. The molecule has 0 aromatic carbocycles. The van der Waals surface area contributed by atoms with Crippen LogP contribution in [0.2, 0.25) is 0 Å². The second kappa shape index (κ2) is 7.55. The summed E-state index contributed by atoms with van der Waals surface area (Å²) in [6, 6.07) is 0.0783. The molecule has 0 bridgehead atoms. The van der Waals surface area contributed by atoms with Crippen molar-refractivity contribution in [2.45, 2.75) is 84.3 Å². The third-order valence-corrected chi connectivity index (χ3v) is 5.67. The molecule has 8 nitrogen and oxygen atoms in total. The third-order valence-electron chi connectivity index (χ3n) is 5.67. The van der Waals surface area contributed by atoms with E-state index in [1.165, 1.54) is 11.7 Å². The van der Waals surface area contributed by atoms with Gasteiger partial charge in [0.25, 0.3) is 11.5 Å². The fourth-order valence-corrected chi connectivity index (χ4v) is 4.75. The van der Waals surface area contributed by atoms with Gasteiger partial charge in [-0.05, 0) is 53.9 Å². The molecule has 1 aliphatic heterocycles. The molecule has 0 spiro atoms. The van der Waals surface area contributed by atoms with Gasteiger partial charge >= 0.3 is 0 Å². The number of nitrogens with one attached hydrogen (secondary N) is 1. The Kier molecular flexibility index (Phi) is 5.60. The van der Waals surface area contributed by atoms with E-state index in [0.29, 0.717) is 17.7 Å². The van der Waals surface area contributed by atoms with Crippen LogP contribution in [0.25, 0.3) is 10.9 Å². The average Bonchev–Trinajstić information content (AvgIpc) is 2.97. The lowest BCUT2D eigenvalue weighted by molar-refractivity contribution is 0.0436. The lowest BCUT2D eigenvalue weighted by atomic mass is 9.79. The lowest BCUT2D eigenvalue weighted by Gasteiger charge is -2.49. The van der Waals surface area contributed by atoms with Crippen molar-refractivity contribution < 1.29 is 9.32 Å². The van der Waals surface area contributed by atoms with Crippen LogP contribution in [-0.4, -0.2) is 49.4 Å². The van der Waals surface area contributed by atoms with Gasteiger partial charge in [0.1, 0.15) is 5.76 Å². The molecular formula is C21H33N5O3. The van der Waals surface area contributed by atoms with Gasteiger partial charge in [0.15, 0.2) is 11.2 Å². The van der Waals surface area contributed by atoms with Crippen molar-refractivity contribution in [3.8, 4) is 0 Å². The molecule has 1 aliphatic rings. The number of rotatable bonds is 5. The van der Waals surface area contributed by atoms with Crippen LogP contribution in [-0.2, 0) is 7.05 Å². The van der Waals surface area contributed by atoms with Gasteiger partial charge in [0, 0.05) is 30.7 Å². The van der Waals surface area contributed by atoms with Crippen molar-refractivity contribution >= 4 is 16.8 Å². The maximum atomic E-state index is 13.8. The highest BCUT2D eigenvalue weighted by atomic mass is 16.5. The van der Waals surface area contributed by atoms with E-state index >= 15 is 0 Å². The Morgan fingerprint density at radius 2 is 1.90 bits per heavy atom. The largest absolute Gasteiger partial charge is 0.360 e. The number of hydrogen-bond acceptors (Lipinski definition) is 6. The van der Waals surface area contributed by atoms with E-state index in [-0.39, 0.29) is 39.8 Å². The molecule has 1 saturated heterocycles. The third kappa shape index (κ3) is 4.22. The van der Waals surface area contributed by atoms with E-state index in [4.69, 9.17) is 4.52 Å². The molecule has 0 atom stereocenters. The minimum absolute atomic E-state index is 0.0783. The number of nitrogens with zero attached hydrogens (tertiary/aromatic N) is 4. The van der Waals surface area contributed by atoms with Gasteiger partial charge in [-0.1, -0.05) is 18.5 Å². The Morgan fingerprint density at radius 3 is 2.48 bits per heavy atom. The molecule has 3 rings (SSSR count). The van der Waals surface area contributed by atoms with Crippen molar-refractivity contribution in [2.24, 2.45) is 7.05 Å². The van der Waals surface area contributed by atoms with Gasteiger partial charge in [-0.3, -0.25) is 9.59 Å². The van der Waals surface area contributed by atoms with Crippen LogP contribution in [0, 0.1) is 6.92 Å². The first kappa shape index (κ1) is 21.5. The first-order valence-electron chi connectivity index (χ1n) is 10.4. The summed E-state index contributed by atoms with van der Waals surface area (Å²) < 4.78 is 6.40. The summed E-state index contributed by atoms with van der Waals surface area (Å²) in [6.07, 6.45) is 3.60. The van der Waals surface area contributed by atoms with Crippen LogP contribution >= 0.6 is 0 Å². The van der Waals surface area contributed by atoms with Crippen molar-refractivity contribution in [3.05, 3.63) is 21.8 Å². The minimum atomic E-state index is -0.363. The summed E-state index contributed by atoms with van der Waals surface area (Å²) in [5.41, 5.74) is -0.138. The molecule has 0 saturated carbocycles. The van der Waals surface area contributed by atoms with E-state index in [9.17, 15) is 9.59 Å². The Bertz CT molecular complexity index is 957. The number of amides is 1. The number of aromatic nitrogens is 3. The minimum Gasteiger partial charge on any atom is -0.360 e. The molecule has 29 heavy (non-hydrogen) atoms. The van der Waals surface area contributed by atoms with Gasteiger partial charge in [-0.15, -0.1) is 0 Å². The van der Waals surface area contributed by atoms with Crippen molar-refractivity contribution in [2.75, 3.05) is 6.54 Å². The van der Waals surface area contributed by atoms with E-state index in [1.807, 2.05) is 4.90 Å². The van der Waals surface area contributed by atoms with Crippen LogP contribution in [0.4, 0.5) is 0 Å². The Morgan fingerprint density at radius 1 is 1.28 bits per heavy atom. The number of unbranched alkanes of at least 4 members (excludes halogenated alkanes) is 1. The van der Waals surface area contributed by atoms with E-state index < -0.39 is 0 Å². The Hall–Kier alpha value is -2.22. The highest BCUT2D eigenvalue weighted by Gasteiger charge is 2.42. The maximum absolute atomic E-state index is 13.8. The van der Waals surface area contributed by atoms with Crippen molar-refractivity contribution in [3.63, 3.8) is 0 Å². The van der Waals surface area contributed by atoms with Crippen LogP contribution in [0.15, 0.2) is 9.32 Å².